The predicted molar refractivity (Wildman–Crippen MR) is 36.1 cm³/mol. The van der Waals surface area contributed by atoms with Crippen LogP contribution in [-0.2, 0) is 0 Å². The van der Waals surface area contributed by atoms with Gasteiger partial charge in [0.1, 0.15) is 0 Å². The van der Waals surface area contributed by atoms with Crippen molar-refractivity contribution in [1.29, 1.82) is 0 Å². The van der Waals surface area contributed by atoms with Gasteiger partial charge in [0.15, 0.2) is 0 Å². The van der Waals surface area contributed by atoms with Crippen molar-refractivity contribution in [3.63, 3.8) is 0 Å². The van der Waals surface area contributed by atoms with E-state index in [0.29, 0.717) is 0 Å². The van der Waals surface area contributed by atoms with Crippen LogP contribution in [0.15, 0.2) is 5.29 Å². The van der Waals surface area contributed by atoms with Gasteiger partial charge in [0.05, 0.1) is 11.2 Å². The lowest BCUT2D eigenvalue weighted by molar-refractivity contribution is -0.185. The fourth-order valence-corrected chi connectivity index (χ4v) is 1.27. The number of hydrogen-bond donors (Lipinski definition) is 0. The summed E-state index contributed by atoms with van der Waals surface area (Å²) in [4.78, 5) is 9.91. The molecular weight excluding hydrogens is 173 g/mol. The third-order valence-electron chi connectivity index (χ3n) is 2.05. The number of alkyl halides is 3. The summed E-state index contributed by atoms with van der Waals surface area (Å²) >= 11 is 0. The van der Waals surface area contributed by atoms with Gasteiger partial charge < -0.3 is 0 Å². The highest BCUT2D eigenvalue weighted by Gasteiger charge is 2.41. The van der Waals surface area contributed by atoms with Crippen LogP contribution in [-0.4, -0.2) is 24.3 Å². The second-order valence-electron chi connectivity index (χ2n) is 2.85. The van der Waals surface area contributed by atoms with E-state index in [-0.39, 0.29) is 25.9 Å². The summed E-state index contributed by atoms with van der Waals surface area (Å²) in [6.07, 6.45) is -4.15. The summed E-state index contributed by atoms with van der Waals surface area (Å²) in [6.45, 7) is 0.237. The monoisotopic (exact) mass is 182 g/mol. The molecule has 0 radical (unpaired) electrons. The first-order chi connectivity index (χ1) is 5.54. The third-order valence-corrected chi connectivity index (χ3v) is 2.05. The van der Waals surface area contributed by atoms with Crippen LogP contribution in [0.2, 0.25) is 0 Å². The van der Waals surface area contributed by atoms with Gasteiger partial charge in [-0.2, -0.15) is 13.2 Å². The minimum atomic E-state index is -4.12. The third kappa shape index (κ3) is 2.09. The lowest BCUT2D eigenvalue weighted by Gasteiger charge is -2.28. The van der Waals surface area contributed by atoms with Crippen molar-refractivity contribution < 1.29 is 13.2 Å². The summed E-state index contributed by atoms with van der Waals surface area (Å²) in [5, 5.41) is 3.71. The summed E-state index contributed by atoms with van der Waals surface area (Å²) in [7, 11) is 0. The number of hydrogen-bond acceptors (Lipinski definition) is 2. The molecule has 0 amide bonds. The van der Waals surface area contributed by atoms with E-state index in [0.717, 1.165) is 5.01 Å². The fourth-order valence-electron chi connectivity index (χ4n) is 1.27. The summed E-state index contributed by atoms with van der Waals surface area (Å²) in [5.74, 6) is -1.25. The lowest BCUT2D eigenvalue weighted by Crippen LogP contribution is -2.36. The molecule has 1 aliphatic heterocycles. The van der Waals surface area contributed by atoms with Gasteiger partial charge in [-0.25, -0.2) is 0 Å². The molecule has 1 fully saturated rings. The van der Waals surface area contributed by atoms with Gasteiger partial charge in [0.25, 0.3) is 0 Å². The number of nitrogens with zero attached hydrogens (tertiary/aromatic N) is 2. The van der Waals surface area contributed by atoms with Crippen molar-refractivity contribution in [2.24, 2.45) is 11.2 Å². The molecule has 0 aromatic heterocycles. The SMILES string of the molecule is O=NN1CCC(C(F)(F)F)CC1. The van der Waals surface area contributed by atoms with Crippen LogP contribution in [0.3, 0.4) is 0 Å². The Labute approximate surface area is 67.5 Å². The maximum absolute atomic E-state index is 12.0. The second-order valence-corrected chi connectivity index (χ2v) is 2.85. The lowest BCUT2D eigenvalue weighted by atomic mass is 9.97. The molecule has 0 unspecified atom stereocenters. The van der Waals surface area contributed by atoms with Crippen molar-refractivity contribution in [2.75, 3.05) is 13.1 Å². The van der Waals surface area contributed by atoms with E-state index < -0.39 is 12.1 Å². The minimum Gasteiger partial charge on any atom is -0.261 e. The number of rotatable bonds is 1. The fraction of sp³-hybridized carbons (Fsp3) is 1.00. The van der Waals surface area contributed by atoms with Gasteiger partial charge >= 0.3 is 6.18 Å². The maximum Gasteiger partial charge on any atom is 0.391 e. The Bertz CT molecular complexity index is 163. The van der Waals surface area contributed by atoms with E-state index in [2.05, 4.69) is 5.29 Å². The van der Waals surface area contributed by atoms with Crippen molar-refractivity contribution in [3.8, 4) is 0 Å². The largest absolute Gasteiger partial charge is 0.391 e. The molecule has 70 valence electrons. The Balaban J connectivity index is 2.41. The molecule has 0 N–H and O–H groups in total. The Morgan fingerprint density at radius 2 is 1.75 bits per heavy atom. The van der Waals surface area contributed by atoms with Crippen molar-refractivity contribution in [3.05, 3.63) is 4.91 Å². The molecule has 0 bridgehead atoms. The van der Waals surface area contributed by atoms with E-state index in [1.807, 2.05) is 0 Å². The molecule has 0 aromatic carbocycles. The topological polar surface area (TPSA) is 32.7 Å². The zero-order chi connectivity index (χ0) is 9.19. The van der Waals surface area contributed by atoms with Crippen LogP contribution in [0.1, 0.15) is 12.8 Å². The van der Waals surface area contributed by atoms with Crippen LogP contribution < -0.4 is 0 Å². The minimum absolute atomic E-state index is 0.0186. The maximum atomic E-state index is 12.0. The molecule has 0 aromatic rings. The van der Waals surface area contributed by atoms with Crippen LogP contribution >= 0.6 is 0 Å². The first-order valence-corrected chi connectivity index (χ1v) is 3.69. The predicted octanol–water partition coefficient (Wildman–Crippen LogP) is 1.94. The standard InChI is InChI=1S/C6H9F3N2O/c7-6(8,9)5-1-3-11(10-12)4-2-5/h5H,1-4H2. The van der Waals surface area contributed by atoms with Crippen molar-refractivity contribution in [2.45, 2.75) is 19.0 Å². The van der Waals surface area contributed by atoms with E-state index in [9.17, 15) is 18.1 Å². The molecule has 1 saturated heterocycles. The van der Waals surface area contributed by atoms with Gasteiger partial charge in [-0.15, -0.1) is 4.91 Å². The van der Waals surface area contributed by atoms with Gasteiger partial charge in [-0.05, 0) is 12.8 Å². The molecule has 1 rings (SSSR count). The van der Waals surface area contributed by atoms with E-state index >= 15 is 0 Å². The van der Waals surface area contributed by atoms with E-state index in [1.54, 1.807) is 0 Å². The highest BCUT2D eigenvalue weighted by atomic mass is 19.4. The molecule has 6 heteroatoms. The number of halogens is 3. The molecule has 12 heavy (non-hydrogen) atoms. The first kappa shape index (κ1) is 9.28. The molecular formula is C6H9F3N2O. The number of nitroso groups, excluding NO2 is 1. The molecule has 0 aliphatic carbocycles. The van der Waals surface area contributed by atoms with Gasteiger partial charge in [-0.3, -0.25) is 5.01 Å². The Hall–Kier alpha value is -0.810. The molecule has 1 heterocycles. The van der Waals surface area contributed by atoms with Crippen LogP contribution in [0.5, 0.6) is 0 Å². The highest BCUT2D eigenvalue weighted by molar-refractivity contribution is 4.75. The van der Waals surface area contributed by atoms with Crippen LogP contribution in [0.25, 0.3) is 0 Å². The van der Waals surface area contributed by atoms with Gasteiger partial charge in [0.2, 0.25) is 0 Å². The molecule has 0 saturated carbocycles. The zero-order valence-electron chi connectivity index (χ0n) is 6.34. The highest BCUT2D eigenvalue weighted by Crippen LogP contribution is 2.33. The molecule has 3 nitrogen and oxygen atoms in total. The zero-order valence-corrected chi connectivity index (χ0v) is 6.34. The van der Waals surface area contributed by atoms with Crippen molar-refractivity contribution >= 4 is 0 Å². The summed E-state index contributed by atoms with van der Waals surface area (Å²) in [6, 6.07) is 0. The first-order valence-electron chi connectivity index (χ1n) is 3.69. The summed E-state index contributed by atoms with van der Waals surface area (Å²) < 4.78 is 36.1. The Kier molecular flexibility index (Phi) is 2.54. The van der Waals surface area contributed by atoms with E-state index in [1.165, 1.54) is 0 Å². The smallest absolute Gasteiger partial charge is 0.261 e. The van der Waals surface area contributed by atoms with Crippen molar-refractivity contribution in [1.82, 2.24) is 5.01 Å². The van der Waals surface area contributed by atoms with Gasteiger partial charge in [0, 0.05) is 13.1 Å². The Morgan fingerprint density at radius 1 is 1.25 bits per heavy atom. The molecule has 0 atom stereocenters. The quantitative estimate of drug-likeness (QED) is 0.580. The number of piperidine rings is 1. The molecule has 1 aliphatic rings. The second kappa shape index (κ2) is 3.28. The average Bonchev–Trinajstić information content (AvgIpc) is 2.03. The normalized spacial score (nSPS) is 21.1. The van der Waals surface area contributed by atoms with Gasteiger partial charge in [-0.1, -0.05) is 0 Å². The van der Waals surface area contributed by atoms with E-state index in [4.69, 9.17) is 0 Å². The Morgan fingerprint density at radius 3 is 2.08 bits per heavy atom. The summed E-state index contributed by atoms with van der Waals surface area (Å²) in [5.41, 5.74) is 0. The van der Waals surface area contributed by atoms with Crippen LogP contribution in [0, 0.1) is 10.8 Å². The molecule has 0 spiro atoms. The van der Waals surface area contributed by atoms with Crippen LogP contribution in [0.4, 0.5) is 13.2 Å². The average molecular weight is 182 g/mol.